The van der Waals surface area contributed by atoms with Crippen molar-refractivity contribution in [3.63, 3.8) is 0 Å². The molecular formula is C13H11NO2. The predicted molar refractivity (Wildman–Crippen MR) is 61.4 cm³/mol. The molecule has 0 aliphatic rings. The van der Waals surface area contributed by atoms with Gasteiger partial charge in [0.15, 0.2) is 5.78 Å². The van der Waals surface area contributed by atoms with Crippen LogP contribution in [0.15, 0.2) is 36.4 Å². The number of ketones is 2. The maximum Gasteiger partial charge on any atom is 0.188 e. The van der Waals surface area contributed by atoms with Gasteiger partial charge in [-0.2, -0.15) is 0 Å². The van der Waals surface area contributed by atoms with E-state index in [0.717, 1.165) is 10.9 Å². The summed E-state index contributed by atoms with van der Waals surface area (Å²) >= 11 is 0. The Balaban J connectivity index is 2.39. The summed E-state index contributed by atoms with van der Waals surface area (Å²) in [6.07, 6.45) is -0.0780. The standard InChI is InChI=1S/C13H11NO2/c1-9(15)8-13(16)12-7-6-10-4-2-3-5-11(10)14-12/h2-7H,8H2,1H3. The van der Waals surface area contributed by atoms with E-state index in [1.165, 1.54) is 6.92 Å². The molecule has 0 atom stereocenters. The number of carbonyl (C=O) groups is 2. The molecule has 1 aromatic heterocycles. The minimum atomic E-state index is -0.224. The molecule has 3 nitrogen and oxygen atoms in total. The van der Waals surface area contributed by atoms with Gasteiger partial charge in [-0.05, 0) is 19.1 Å². The zero-order valence-electron chi connectivity index (χ0n) is 8.93. The maximum atomic E-state index is 11.6. The molecule has 0 bridgehead atoms. The molecule has 2 aromatic rings. The molecule has 0 unspecified atom stereocenters. The Labute approximate surface area is 93.1 Å². The van der Waals surface area contributed by atoms with E-state index < -0.39 is 0 Å². The van der Waals surface area contributed by atoms with Gasteiger partial charge in [-0.25, -0.2) is 4.98 Å². The van der Waals surface area contributed by atoms with Gasteiger partial charge in [-0.15, -0.1) is 0 Å². The van der Waals surface area contributed by atoms with Gasteiger partial charge < -0.3 is 0 Å². The molecule has 0 aliphatic carbocycles. The molecule has 0 saturated heterocycles. The van der Waals surface area contributed by atoms with Crippen LogP contribution in [0.4, 0.5) is 0 Å². The number of carbonyl (C=O) groups excluding carboxylic acids is 2. The van der Waals surface area contributed by atoms with Crippen LogP contribution in [0, 0.1) is 0 Å². The van der Waals surface area contributed by atoms with Crippen molar-refractivity contribution < 1.29 is 9.59 Å². The monoisotopic (exact) mass is 213 g/mol. The Morgan fingerprint density at radius 1 is 1.12 bits per heavy atom. The number of para-hydroxylation sites is 1. The molecule has 0 spiro atoms. The van der Waals surface area contributed by atoms with E-state index in [0.29, 0.717) is 5.69 Å². The SMILES string of the molecule is CC(=O)CC(=O)c1ccc2ccccc2n1. The molecule has 0 saturated carbocycles. The summed E-state index contributed by atoms with van der Waals surface area (Å²) in [5.74, 6) is -0.363. The molecule has 2 rings (SSSR count). The molecule has 16 heavy (non-hydrogen) atoms. The van der Waals surface area contributed by atoms with Crippen molar-refractivity contribution in [3.05, 3.63) is 42.1 Å². The number of fused-ring (bicyclic) bond motifs is 1. The van der Waals surface area contributed by atoms with Crippen molar-refractivity contribution in [2.45, 2.75) is 13.3 Å². The maximum absolute atomic E-state index is 11.6. The van der Waals surface area contributed by atoms with Gasteiger partial charge in [0.05, 0.1) is 11.9 Å². The first kappa shape index (κ1) is 10.5. The van der Waals surface area contributed by atoms with Gasteiger partial charge in [0.2, 0.25) is 0 Å². The largest absolute Gasteiger partial charge is 0.300 e. The molecule has 0 radical (unpaired) electrons. The summed E-state index contributed by atoms with van der Waals surface area (Å²) in [5, 5.41) is 0.988. The lowest BCUT2D eigenvalue weighted by molar-refractivity contribution is -0.116. The molecule has 1 heterocycles. The topological polar surface area (TPSA) is 47.0 Å². The summed E-state index contributed by atoms with van der Waals surface area (Å²) in [4.78, 5) is 26.7. The number of nitrogens with zero attached hydrogens (tertiary/aromatic N) is 1. The quantitative estimate of drug-likeness (QED) is 0.581. The third-order valence-corrected chi connectivity index (χ3v) is 2.29. The molecule has 0 fully saturated rings. The summed E-state index contributed by atoms with van der Waals surface area (Å²) in [5.41, 5.74) is 1.13. The smallest absolute Gasteiger partial charge is 0.188 e. The van der Waals surface area contributed by atoms with E-state index in [9.17, 15) is 9.59 Å². The molecule has 0 N–H and O–H groups in total. The first-order valence-electron chi connectivity index (χ1n) is 5.05. The highest BCUT2D eigenvalue weighted by molar-refractivity contribution is 6.07. The van der Waals surface area contributed by atoms with Crippen molar-refractivity contribution in [1.82, 2.24) is 4.98 Å². The van der Waals surface area contributed by atoms with Crippen LogP contribution < -0.4 is 0 Å². The Hall–Kier alpha value is -2.03. The predicted octanol–water partition coefficient (Wildman–Crippen LogP) is 2.40. The van der Waals surface area contributed by atoms with E-state index in [1.54, 1.807) is 6.07 Å². The Morgan fingerprint density at radius 2 is 1.88 bits per heavy atom. The highest BCUT2D eigenvalue weighted by Gasteiger charge is 2.10. The second-order valence-corrected chi connectivity index (χ2v) is 3.69. The van der Waals surface area contributed by atoms with Crippen LogP contribution in [0.25, 0.3) is 10.9 Å². The van der Waals surface area contributed by atoms with Crippen molar-refractivity contribution >= 4 is 22.5 Å². The van der Waals surface area contributed by atoms with Crippen LogP contribution in [-0.2, 0) is 4.79 Å². The molecule has 3 heteroatoms. The van der Waals surface area contributed by atoms with E-state index >= 15 is 0 Å². The molecule has 1 aromatic carbocycles. The van der Waals surface area contributed by atoms with Crippen LogP contribution in [0.3, 0.4) is 0 Å². The number of hydrogen-bond donors (Lipinski definition) is 0. The van der Waals surface area contributed by atoms with Gasteiger partial charge >= 0.3 is 0 Å². The zero-order valence-corrected chi connectivity index (χ0v) is 8.93. The number of pyridine rings is 1. The Morgan fingerprint density at radius 3 is 2.62 bits per heavy atom. The highest BCUT2D eigenvalue weighted by Crippen LogP contribution is 2.12. The summed E-state index contributed by atoms with van der Waals surface area (Å²) < 4.78 is 0. The zero-order chi connectivity index (χ0) is 11.5. The van der Waals surface area contributed by atoms with E-state index in [2.05, 4.69) is 4.98 Å². The van der Waals surface area contributed by atoms with Gasteiger partial charge in [-0.3, -0.25) is 9.59 Å². The second-order valence-electron chi connectivity index (χ2n) is 3.69. The minimum Gasteiger partial charge on any atom is -0.300 e. The minimum absolute atomic E-state index is 0.0780. The number of rotatable bonds is 3. The fourth-order valence-corrected chi connectivity index (χ4v) is 1.54. The summed E-state index contributed by atoms with van der Waals surface area (Å²) in [6, 6.07) is 11.1. The molecule has 0 aliphatic heterocycles. The average molecular weight is 213 g/mol. The van der Waals surface area contributed by atoms with Gasteiger partial charge in [0.1, 0.15) is 11.5 Å². The third-order valence-electron chi connectivity index (χ3n) is 2.29. The average Bonchev–Trinajstić information content (AvgIpc) is 2.27. The third kappa shape index (κ3) is 2.14. The number of benzene rings is 1. The van der Waals surface area contributed by atoms with Crippen molar-refractivity contribution in [1.29, 1.82) is 0 Å². The lowest BCUT2D eigenvalue weighted by Crippen LogP contribution is -2.06. The fraction of sp³-hybridized carbons (Fsp3) is 0.154. The van der Waals surface area contributed by atoms with E-state index in [1.807, 2.05) is 30.3 Å². The first-order chi connectivity index (χ1) is 7.66. The van der Waals surface area contributed by atoms with Crippen LogP contribution in [0.1, 0.15) is 23.8 Å². The van der Waals surface area contributed by atoms with Crippen molar-refractivity contribution in [2.24, 2.45) is 0 Å². The number of hydrogen-bond acceptors (Lipinski definition) is 3. The van der Waals surface area contributed by atoms with Crippen LogP contribution in [0.2, 0.25) is 0 Å². The molecule has 80 valence electrons. The van der Waals surface area contributed by atoms with Gasteiger partial charge in [-0.1, -0.05) is 24.3 Å². The lowest BCUT2D eigenvalue weighted by Gasteiger charge is -2.00. The number of Topliss-reactive ketones (excluding diaryl/α,β-unsaturated/α-hetero) is 2. The van der Waals surface area contributed by atoms with Gasteiger partial charge in [0.25, 0.3) is 0 Å². The highest BCUT2D eigenvalue weighted by atomic mass is 16.1. The van der Waals surface area contributed by atoms with E-state index in [-0.39, 0.29) is 18.0 Å². The van der Waals surface area contributed by atoms with Crippen LogP contribution in [0.5, 0.6) is 0 Å². The fourth-order valence-electron chi connectivity index (χ4n) is 1.54. The Bertz CT molecular complexity index is 561. The van der Waals surface area contributed by atoms with Crippen molar-refractivity contribution in [3.8, 4) is 0 Å². The van der Waals surface area contributed by atoms with Gasteiger partial charge in [0, 0.05) is 5.39 Å². The van der Waals surface area contributed by atoms with Crippen molar-refractivity contribution in [2.75, 3.05) is 0 Å². The first-order valence-corrected chi connectivity index (χ1v) is 5.05. The lowest BCUT2D eigenvalue weighted by atomic mass is 10.1. The normalized spacial score (nSPS) is 10.3. The van der Waals surface area contributed by atoms with Crippen LogP contribution in [-0.4, -0.2) is 16.6 Å². The van der Waals surface area contributed by atoms with E-state index in [4.69, 9.17) is 0 Å². The summed E-state index contributed by atoms with van der Waals surface area (Å²) in [7, 11) is 0. The van der Waals surface area contributed by atoms with Crippen LogP contribution >= 0.6 is 0 Å². The Kier molecular flexibility index (Phi) is 2.77. The molecule has 0 amide bonds. The molecular weight excluding hydrogens is 202 g/mol. The second kappa shape index (κ2) is 4.23. The summed E-state index contributed by atoms with van der Waals surface area (Å²) in [6.45, 7) is 1.40. The number of aromatic nitrogens is 1.